The highest BCUT2D eigenvalue weighted by atomic mass is 35.5. The molecule has 0 aromatic carbocycles. The summed E-state index contributed by atoms with van der Waals surface area (Å²) in [4.78, 5) is 30.1. The maximum Gasteiger partial charge on any atom is 0.331 e. The van der Waals surface area contributed by atoms with Crippen LogP contribution in [0, 0.1) is 0 Å². The molecule has 20 heavy (non-hydrogen) atoms. The van der Waals surface area contributed by atoms with Crippen molar-refractivity contribution >= 4 is 34.9 Å². The molecule has 0 atom stereocenters. The monoisotopic (exact) mass is 295 g/mol. The molecule has 1 aliphatic heterocycles. The van der Waals surface area contributed by atoms with Gasteiger partial charge < -0.3 is 5.11 Å². The fraction of sp³-hybridized carbons (Fsp3) is 0.273. The van der Waals surface area contributed by atoms with Crippen molar-refractivity contribution in [3.8, 4) is 0 Å². The van der Waals surface area contributed by atoms with Gasteiger partial charge in [-0.15, -0.1) is 0 Å². The van der Waals surface area contributed by atoms with Crippen LogP contribution in [0.25, 0.3) is 5.65 Å². The number of carbonyl (C=O) groups is 2. The number of imide groups is 1. The Kier molecular flexibility index (Phi) is 2.84. The summed E-state index contributed by atoms with van der Waals surface area (Å²) in [7, 11) is 1.41. The van der Waals surface area contributed by atoms with Crippen LogP contribution in [0.1, 0.15) is 5.69 Å². The zero-order valence-electron chi connectivity index (χ0n) is 10.4. The molecule has 2 aromatic rings. The van der Waals surface area contributed by atoms with Gasteiger partial charge in [-0.2, -0.15) is 5.10 Å². The van der Waals surface area contributed by atoms with Crippen molar-refractivity contribution in [1.82, 2.24) is 19.5 Å². The highest BCUT2D eigenvalue weighted by molar-refractivity contribution is 6.30. The van der Waals surface area contributed by atoms with Gasteiger partial charge in [0.15, 0.2) is 10.8 Å². The molecule has 3 heterocycles. The number of aromatic nitrogens is 3. The average Bonchev–Trinajstić information content (AvgIpc) is 2.94. The van der Waals surface area contributed by atoms with Gasteiger partial charge in [-0.1, -0.05) is 11.6 Å². The molecular formula is C11H10ClN5O3. The molecule has 0 bridgehead atoms. The average molecular weight is 296 g/mol. The largest absolute Gasteiger partial charge is 0.390 e. The number of aliphatic hydroxyl groups excluding tert-OH is 1. The second-order valence-electron chi connectivity index (χ2n) is 4.33. The number of rotatable bonds is 2. The maximum absolute atomic E-state index is 12.0. The summed E-state index contributed by atoms with van der Waals surface area (Å²) in [5.74, 6) is -0.310. The van der Waals surface area contributed by atoms with Gasteiger partial charge in [0.1, 0.15) is 6.54 Å². The van der Waals surface area contributed by atoms with Crippen molar-refractivity contribution in [2.75, 3.05) is 18.5 Å². The van der Waals surface area contributed by atoms with E-state index in [0.717, 1.165) is 4.90 Å². The van der Waals surface area contributed by atoms with Crippen molar-refractivity contribution < 1.29 is 14.7 Å². The lowest BCUT2D eigenvalue weighted by atomic mass is 10.4. The predicted octanol–water partition coefficient (Wildman–Crippen LogP) is 0.273. The molecule has 1 saturated heterocycles. The van der Waals surface area contributed by atoms with Gasteiger partial charge in [0.25, 0.3) is 0 Å². The molecular weight excluding hydrogens is 286 g/mol. The van der Waals surface area contributed by atoms with Gasteiger partial charge >= 0.3 is 6.03 Å². The van der Waals surface area contributed by atoms with E-state index in [1.165, 1.54) is 28.7 Å². The first-order chi connectivity index (χ1) is 9.51. The summed E-state index contributed by atoms with van der Waals surface area (Å²) >= 11 is 5.92. The van der Waals surface area contributed by atoms with Gasteiger partial charge in [0.2, 0.25) is 5.91 Å². The van der Waals surface area contributed by atoms with Crippen LogP contribution in [0.2, 0.25) is 5.15 Å². The van der Waals surface area contributed by atoms with Crippen molar-refractivity contribution in [1.29, 1.82) is 0 Å². The third-order valence-corrected chi connectivity index (χ3v) is 3.25. The maximum atomic E-state index is 12.0. The van der Waals surface area contributed by atoms with Crippen LogP contribution in [0.5, 0.6) is 0 Å². The van der Waals surface area contributed by atoms with Crippen molar-refractivity contribution in [2.45, 2.75) is 6.61 Å². The Balaban J connectivity index is 2.18. The topological polar surface area (TPSA) is 91.0 Å². The van der Waals surface area contributed by atoms with Crippen LogP contribution in [-0.4, -0.2) is 50.1 Å². The van der Waals surface area contributed by atoms with Gasteiger partial charge in [0.05, 0.1) is 24.2 Å². The van der Waals surface area contributed by atoms with Crippen molar-refractivity contribution in [2.24, 2.45) is 0 Å². The van der Waals surface area contributed by atoms with E-state index < -0.39 is 6.03 Å². The second-order valence-corrected chi connectivity index (χ2v) is 4.72. The SMILES string of the molecule is CN1C(=O)CN(c2cc(Cl)nn3cc(CO)nc23)C1=O. The number of fused-ring (bicyclic) bond motifs is 1. The molecule has 1 aliphatic rings. The molecule has 0 unspecified atom stereocenters. The smallest absolute Gasteiger partial charge is 0.331 e. The molecule has 1 N–H and O–H groups in total. The quantitative estimate of drug-likeness (QED) is 0.803. The number of urea groups is 1. The van der Waals surface area contributed by atoms with Crippen LogP contribution in [0.15, 0.2) is 12.3 Å². The van der Waals surface area contributed by atoms with E-state index in [0.29, 0.717) is 17.0 Å². The number of hydrogen-bond acceptors (Lipinski definition) is 5. The summed E-state index contributed by atoms with van der Waals surface area (Å²) < 4.78 is 1.37. The Morgan fingerprint density at radius 3 is 2.80 bits per heavy atom. The summed E-state index contributed by atoms with van der Waals surface area (Å²) in [6, 6.07) is 1.02. The molecule has 0 spiro atoms. The predicted molar refractivity (Wildman–Crippen MR) is 69.4 cm³/mol. The number of likely N-dealkylation sites (N-methyl/N-ethyl adjacent to an activating group) is 1. The lowest BCUT2D eigenvalue weighted by molar-refractivity contribution is -0.123. The van der Waals surface area contributed by atoms with E-state index >= 15 is 0 Å². The number of imidazole rings is 1. The summed E-state index contributed by atoms with van der Waals surface area (Å²) in [5.41, 5.74) is 1.13. The Morgan fingerprint density at radius 2 is 2.20 bits per heavy atom. The molecule has 1 fully saturated rings. The van der Waals surface area contributed by atoms with Gasteiger partial charge in [-0.3, -0.25) is 14.6 Å². The Morgan fingerprint density at radius 1 is 1.45 bits per heavy atom. The second kappa shape index (κ2) is 4.43. The summed E-state index contributed by atoms with van der Waals surface area (Å²) in [5, 5.41) is 13.3. The fourth-order valence-corrected chi connectivity index (χ4v) is 2.22. The summed E-state index contributed by atoms with van der Waals surface area (Å²) in [6.45, 7) is -0.333. The van der Waals surface area contributed by atoms with Gasteiger partial charge in [0, 0.05) is 13.1 Å². The molecule has 0 saturated carbocycles. The van der Waals surface area contributed by atoms with E-state index in [2.05, 4.69) is 10.1 Å². The van der Waals surface area contributed by atoms with Gasteiger partial charge in [-0.05, 0) is 0 Å². The minimum atomic E-state index is -0.451. The minimum Gasteiger partial charge on any atom is -0.390 e. The number of hydrogen-bond donors (Lipinski definition) is 1. The van der Waals surface area contributed by atoms with Gasteiger partial charge in [-0.25, -0.2) is 14.3 Å². The normalized spacial score (nSPS) is 15.8. The molecule has 104 valence electrons. The minimum absolute atomic E-state index is 0.0767. The van der Waals surface area contributed by atoms with E-state index in [1.54, 1.807) is 0 Å². The fourth-order valence-electron chi connectivity index (χ4n) is 2.04. The number of anilines is 1. The van der Waals surface area contributed by atoms with Crippen molar-refractivity contribution in [3.63, 3.8) is 0 Å². The Hall–Kier alpha value is -2.19. The molecule has 2 aromatic heterocycles. The third kappa shape index (κ3) is 1.81. The lowest BCUT2D eigenvalue weighted by Crippen LogP contribution is -2.30. The van der Waals surface area contributed by atoms with E-state index in [1.807, 2.05) is 0 Å². The highest BCUT2D eigenvalue weighted by Crippen LogP contribution is 2.27. The zero-order valence-corrected chi connectivity index (χ0v) is 11.2. The molecule has 9 heteroatoms. The lowest BCUT2D eigenvalue weighted by Gasteiger charge is -2.15. The molecule has 3 amide bonds. The standard InChI is InChI=1S/C11H10ClN5O3/c1-15-9(19)4-16(11(15)20)7-2-8(12)14-17-3-6(5-18)13-10(7)17/h2-3,18H,4-5H2,1H3. The number of carbonyl (C=O) groups excluding carboxylic acids is 2. The first kappa shape index (κ1) is 12.8. The van der Waals surface area contributed by atoms with E-state index in [-0.39, 0.29) is 24.2 Å². The van der Waals surface area contributed by atoms with Crippen LogP contribution in [-0.2, 0) is 11.4 Å². The third-order valence-electron chi connectivity index (χ3n) is 3.06. The zero-order chi connectivity index (χ0) is 14.4. The molecule has 3 rings (SSSR count). The Bertz CT molecular complexity index is 728. The molecule has 8 nitrogen and oxygen atoms in total. The number of aliphatic hydroxyl groups is 1. The van der Waals surface area contributed by atoms with E-state index in [4.69, 9.17) is 16.7 Å². The van der Waals surface area contributed by atoms with Crippen LogP contribution in [0.3, 0.4) is 0 Å². The molecule has 0 radical (unpaired) electrons. The molecule has 0 aliphatic carbocycles. The van der Waals surface area contributed by atoms with E-state index in [9.17, 15) is 9.59 Å². The number of nitrogens with zero attached hydrogens (tertiary/aromatic N) is 5. The summed E-state index contributed by atoms with van der Waals surface area (Å²) in [6.07, 6.45) is 1.51. The van der Waals surface area contributed by atoms with Crippen LogP contribution < -0.4 is 4.90 Å². The van der Waals surface area contributed by atoms with Crippen molar-refractivity contribution in [3.05, 3.63) is 23.1 Å². The number of amides is 3. The highest BCUT2D eigenvalue weighted by Gasteiger charge is 2.35. The van der Waals surface area contributed by atoms with Crippen LogP contribution in [0.4, 0.5) is 10.5 Å². The first-order valence-corrected chi connectivity index (χ1v) is 6.13. The Labute approximate surface area is 118 Å². The number of halogens is 1. The first-order valence-electron chi connectivity index (χ1n) is 5.75. The van der Waals surface area contributed by atoms with Crippen LogP contribution >= 0.6 is 11.6 Å².